The van der Waals surface area contributed by atoms with Gasteiger partial charge in [0.1, 0.15) is 18.0 Å². The van der Waals surface area contributed by atoms with Crippen molar-refractivity contribution >= 4 is 33.8 Å². The molecule has 0 bridgehead atoms. The second-order valence-electron chi connectivity index (χ2n) is 8.14. The van der Waals surface area contributed by atoms with Crippen LogP contribution in [0.1, 0.15) is 15.9 Å². The molecule has 1 N–H and O–H groups in total. The molecule has 0 saturated heterocycles. The summed E-state index contributed by atoms with van der Waals surface area (Å²) in [5, 5.41) is 3.93. The molecule has 0 spiro atoms. The minimum absolute atomic E-state index is 0.0465. The van der Waals surface area contributed by atoms with Crippen molar-refractivity contribution in [1.29, 1.82) is 0 Å². The van der Waals surface area contributed by atoms with Crippen molar-refractivity contribution in [3.63, 3.8) is 0 Å². The number of hydrogen-bond donors (Lipinski definition) is 1. The molecular weight excluding hydrogens is 518 g/mol. The SMILES string of the molecule is COc1ccc(N(CC(=O)N/N=C/c2ccc(OC(=O)c3ccccc3)cc2)S(=O)(=O)c2ccccc2)cc1. The average Bonchev–Trinajstić information content (AvgIpc) is 2.97. The van der Waals surface area contributed by atoms with Crippen LogP contribution in [0.15, 0.2) is 119 Å². The molecule has 0 saturated carbocycles. The molecule has 0 fully saturated rings. The molecule has 4 aromatic rings. The summed E-state index contributed by atoms with van der Waals surface area (Å²) in [4.78, 5) is 24.9. The molecule has 4 rings (SSSR count). The predicted molar refractivity (Wildman–Crippen MR) is 148 cm³/mol. The number of carbonyl (C=O) groups excluding carboxylic acids is 2. The smallest absolute Gasteiger partial charge is 0.343 e. The standard InChI is InChI=1S/C29H25N3O6S/c1-37-25-18-14-24(15-19-25)32(39(35,36)27-10-6-3-7-11-27)21-28(33)31-30-20-22-12-16-26(17-13-22)38-29(34)23-8-4-2-5-9-23/h2-20H,21H2,1H3,(H,31,33)/b30-20+. The number of rotatable bonds is 10. The zero-order valence-corrected chi connectivity index (χ0v) is 21.7. The summed E-state index contributed by atoms with van der Waals surface area (Å²) in [7, 11) is -2.54. The summed E-state index contributed by atoms with van der Waals surface area (Å²) < 4.78 is 38.2. The summed E-state index contributed by atoms with van der Waals surface area (Å²) in [6, 6.07) is 29.3. The van der Waals surface area contributed by atoms with Crippen LogP contribution in [0, 0.1) is 0 Å². The first-order valence-electron chi connectivity index (χ1n) is 11.8. The highest BCUT2D eigenvalue weighted by atomic mass is 32.2. The first kappa shape index (κ1) is 27.1. The van der Waals surface area contributed by atoms with Crippen molar-refractivity contribution in [2.45, 2.75) is 4.90 Å². The molecule has 9 nitrogen and oxygen atoms in total. The van der Waals surface area contributed by atoms with E-state index in [1.165, 1.54) is 25.5 Å². The number of benzene rings is 4. The zero-order valence-electron chi connectivity index (χ0n) is 20.9. The van der Waals surface area contributed by atoms with Crippen molar-refractivity contribution in [2.75, 3.05) is 18.0 Å². The number of esters is 1. The molecule has 0 unspecified atom stereocenters. The van der Waals surface area contributed by atoms with E-state index in [2.05, 4.69) is 10.5 Å². The van der Waals surface area contributed by atoms with E-state index in [9.17, 15) is 18.0 Å². The fourth-order valence-electron chi connectivity index (χ4n) is 3.49. The Kier molecular flexibility index (Phi) is 8.70. The maximum Gasteiger partial charge on any atom is 0.343 e. The number of nitrogens with one attached hydrogen (secondary N) is 1. The third-order valence-electron chi connectivity index (χ3n) is 5.48. The van der Waals surface area contributed by atoms with Gasteiger partial charge in [-0.2, -0.15) is 5.10 Å². The molecule has 10 heteroatoms. The molecule has 0 aliphatic heterocycles. The van der Waals surface area contributed by atoms with E-state index >= 15 is 0 Å². The monoisotopic (exact) mass is 543 g/mol. The Bertz CT molecular complexity index is 1540. The van der Waals surface area contributed by atoms with Crippen LogP contribution in [0.2, 0.25) is 0 Å². The van der Waals surface area contributed by atoms with Gasteiger partial charge in [0.15, 0.2) is 0 Å². The molecule has 0 radical (unpaired) electrons. The third kappa shape index (κ3) is 7.08. The molecule has 198 valence electrons. The molecule has 4 aromatic carbocycles. The number of sulfonamides is 1. The van der Waals surface area contributed by atoms with Gasteiger partial charge in [0.25, 0.3) is 15.9 Å². The normalized spacial score (nSPS) is 11.1. The van der Waals surface area contributed by atoms with Crippen molar-refractivity contribution in [1.82, 2.24) is 5.43 Å². The Morgan fingerprint density at radius 1 is 0.821 bits per heavy atom. The van der Waals surface area contributed by atoms with Gasteiger partial charge < -0.3 is 9.47 Å². The minimum Gasteiger partial charge on any atom is -0.497 e. The fourth-order valence-corrected chi connectivity index (χ4v) is 4.93. The fraction of sp³-hybridized carbons (Fsp3) is 0.0690. The average molecular weight is 544 g/mol. The summed E-state index contributed by atoms with van der Waals surface area (Å²) in [5.41, 5.74) is 3.71. The van der Waals surface area contributed by atoms with Crippen molar-refractivity contribution < 1.29 is 27.5 Å². The van der Waals surface area contributed by atoms with Gasteiger partial charge in [-0.3, -0.25) is 9.10 Å². The molecule has 1 amide bonds. The van der Waals surface area contributed by atoms with Crippen LogP contribution in [0.5, 0.6) is 11.5 Å². The quantitative estimate of drug-likeness (QED) is 0.138. The van der Waals surface area contributed by atoms with Crippen molar-refractivity contribution in [3.8, 4) is 11.5 Å². The Labute approximate surface area is 226 Å². The van der Waals surface area contributed by atoms with Crippen LogP contribution in [0.3, 0.4) is 0 Å². The van der Waals surface area contributed by atoms with Crippen LogP contribution in [0.25, 0.3) is 0 Å². The number of amides is 1. The third-order valence-corrected chi connectivity index (χ3v) is 7.27. The van der Waals surface area contributed by atoms with Gasteiger partial charge in [-0.1, -0.05) is 36.4 Å². The van der Waals surface area contributed by atoms with Crippen molar-refractivity contribution in [2.24, 2.45) is 5.10 Å². The van der Waals surface area contributed by atoms with Gasteiger partial charge in [0.2, 0.25) is 0 Å². The summed E-state index contributed by atoms with van der Waals surface area (Å²) in [6.45, 7) is -0.505. The van der Waals surface area contributed by atoms with E-state index in [1.807, 2.05) is 6.07 Å². The molecule has 0 heterocycles. The highest BCUT2D eigenvalue weighted by Crippen LogP contribution is 2.25. The number of hydrazone groups is 1. The number of hydrogen-bond acceptors (Lipinski definition) is 7. The second-order valence-corrected chi connectivity index (χ2v) is 10.0. The molecule has 39 heavy (non-hydrogen) atoms. The molecular formula is C29H25N3O6S. The lowest BCUT2D eigenvalue weighted by atomic mass is 10.2. The van der Waals surface area contributed by atoms with Gasteiger partial charge in [-0.25, -0.2) is 18.6 Å². The van der Waals surface area contributed by atoms with Crippen molar-refractivity contribution in [3.05, 3.63) is 120 Å². The van der Waals surface area contributed by atoms with E-state index in [0.717, 1.165) is 4.31 Å². The highest BCUT2D eigenvalue weighted by Gasteiger charge is 2.27. The molecule has 0 aliphatic carbocycles. The van der Waals surface area contributed by atoms with Crippen LogP contribution in [0.4, 0.5) is 5.69 Å². The summed E-state index contributed by atoms with van der Waals surface area (Å²) in [5.74, 6) is -0.219. The van der Waals surface area contributed by atoms with E-state index in [0.29, 0.717) is 28.3 Å². The number of anilines is 1. The van der Waals surface area contributed by atoms with Crippen LogP contribution >= 0.6 is 0 Å². The van der Waals surface area contributed by atoms with Gasteiger partial charge in [0, 0.05) is 0 Å². The van der Waals surface area contributed by atoms with Gasteiger partial charge in [0.05, 0.1) is 29.5 Å². The maximum atomic E-state index is 13.4. The Balaban J connectivity index is 1.42. The zero-order chi connectivity index (χ0) is 27.7. The van der Waals surface area contributed by atoms with Crippen LogP contribution in [-0.2, 0) is 14.8 Å². The van der Waals surface area contributed by atoms with Crippen LogP contribution < -0.4 is 19.2 Å². The van der Waals surface area contributed by atoms with E-state index in [4.69, 9.17) is 9.47 Å². The lowest BCUT2D eigenvalue weighted by Crippen LogP contribution is -2.39. The first-order chi connectivity index (χ1) is 18.9. The van der Waals surface area contributed by atoms with Gasteiger partial charge >= 0.3 is 5.97 Å². The maximum absolute atomic E-state index is 13.4. The largest absolute Gasteiger partial charge is 0.497 e. The van der Waals surface area contributed by atoms with E-state index < -0.39 is 28.4 Å². The number of methoxy groups -OCH3 is 1. The second kappa shape index (κ2) is 12.5. The topological polar surface area (TPSA) is 114 Å². The first-order valence-corrected chi connectivity index (χ1v) is 13.2. The molecule has 0 aromatic heterocycles. The van der Waals surface area contributed by atoms with Gasteiger partial charge in [-0.05, 0) is 78.4 Å². The highest BCUT2D eigenvalue weighted by molar-refractivity contribution is 7.92. The number of nitrogens with zero attached hydrogens (tertiary/aromatic N) is 2. The Hall–Kier alpha value is -4.96. The Morgan fingerprint density at radius 3 is 2.03 bits per heavy atom. The van der Waals surface area contributed by atoms with E-state index in [1.54, 1.807) is 91.0 Å². The predicted octanol–water partition coefficient (Wildman–Crippen LogP) is 4.26. The Morgan fingerprint density at radius 2 is 1.41 bits per heavy atom. The number of carbonyl (C=O) groups is 2. The van der Waals surface area contributed by atoms with Gasteiger partial charge in [-0.15, -0.1) is 0 Å². The summed E-state index contributed by atoms with van der Waals surface area (Å²) in [6.07, 6.45) is 1.39. The number of ether oxygens (including phenoxy) is 2. The van der Waals surface area contributed by atoms with E-state index in [-0.39, 0.29) is 4.90 Å². The lowest BCUT2D eigenvalue weighted by molar-refractivity contribution is -0.119. The lowest BCUT2D eigenvalue weighted by Gasteiger charge is -2.23. The van der Waals surface area contributed by atoms with Crippen LogP contribution in [-0.4, -0.2) is 40.2 Å². The summed E-state index contributed by atoms with van der Waals surface area (Å²) >= 11 is 0. The molecule has 0 atom stereocenters. The minimum atomic E-state index is -4.04. The molecule has 0 aliphatic rings.